The second kappa shape index (κ2) is 14.8. The van der Waals surface area contributed by atoms with E-state index >= 15 is 0 Å². The van der Waals surface area contributed by atoms with Crippen molar-refractivity contribution >= 4 is 44.7 Å². The maximum absolute atomic E-state index is 14.9. The number of nitrogens with zero attached hydrogens (tertiary/aromatic N) is 2. The van der Waals surface area contributed by atoms with E-state index in [0.717, 1.165) is 0 Å². The number of carbonyl (C=O) groups excluding carboxylic acids is 4. The van der Waals surface area contributed by atoms with Crippen LogP contribution in [0.25, 0.3) is 10.9 Å². The lowest BCUT2D eigenvalue weighted by atomic mass is 9.87. The van der Waals surface area contributed by atoms with Crippen LogP contribution in [0.5, 0.6) is 11.5 Å². The van der Waals surface area contributed by atoms with Gasteiger partial charge in [-0.2, -0.15) is 13.2 Å². The number of alkyl halides is 3. The zero-order chi connectivity index (χ0) is 43.0. The van der Waals surface area contributed by atoms with Crippen LogP contribution in [0.3, 0.4) is 0 Å². The fourth-order valence-corrected chi connectivity index (χ4v) is 10.4. The van der Waals surface area contributed by atoms with Gasteiger partial charge in [0.25, 0.3) is 5.91 Å². The predicted molar refractivity (Wildman–Crippen MR) is 211 cm³/mol. The Hall–Kier alpha value is -4.61. The summed E-state index contributed by atoms with van der Waals surface area (Å²) >= 11 is 0. The molecule has 1 saturated heterocycles. The molecule has 1 aromatic carbocycles. The van der Waals surface area contributed by atoms with Crippen LogP contribution in [0.1, 0.15) is 109 Å². The molecule has 1 aromatic heterocycles. The fraction of sp³-hybridized carbons (Fsp3) is 0.643. The molecule has 3 saturated carbocycles. The van der Waals surface area contributed by atoms with Crippen molar-refractivity contribution in [3.8, 4) is 11.5 Å². The summed E-state index contributed by atoms with van der Waals surface area (Å²) in [5.74, 6) is -2.99. The van der Waals surface area contributed by atoms with E-state index in [1.165, 1.54) is 31.1 Å². The first-order valence-corrected chi connectivity index (χ1v) is 22.4. The summed E-state index contributed by atoms with van der Waals surface area (Å²) in [4.78, 5) is 62.2. The number of hydrogen-bond acceptors (Lipinski definition) is 10. The lowest BCUT2D eigenvalue weighted by Crippen LogP contribution is -2.58. The quantitative estimate of drug-likeness (QED) is 0.297. The Labute approximate surface area is 346 Å². The minimum absolute atomic E-state index is 0.0324. The first-order valence-electron chi connectivity index (χ1n) is 20.9. The first-order chi connectivity index (χ1) is 28.2. The molecule has 2 aromatic rings. The topological polar surface area (TPSA) is 182 Å². The Morgan fingerprint density at radius 3 is 2.48 bits per heavy atom. The molecule has 3 aliphatic carbocycles. The number of nitrogens with one attached hydrogen (secondary N) is 3. The average Bonchev–Trinajstić information content (AvgIpc) is 4.14. The van der Waals surface area contributed by atoms with E-state index in [1.807, 2.05) is 19.9 Å². The number of amides is 4. The van der Waals surface area contributed by atoms with Crippen molar-refractivity contribution in [2.45, 2.75) is 144 Å². The van der Waals surface area contributed by atoms with Gasteiger partial charge in [-0.3, -0.25) is 19.1 Å². The van der Waals surface area contributed by atoms with Gasteiger partial charge in [-0.05, 0) is 95.2 Å². The number of rotatable bonds is 7. The SMILES string of the molecule is COc1ccc2nc(C(F)(F)F)c3c(c2c1)CCC1(CC2C(=O)NC4(C(=O)NS(=O)(=O)C5(C)CC5)CC4C=CCCCCCC(NC(=O)OC4(C(C)C)CC4)C(=O)N2C1)O3. The Morgan fingerprint density at radius 2 is 1.82 bits per heavy atom. The molecular formula is C42H52F3N5O9S. The van der Waals surface area contributed by atoms with Gasteiger partial charge in [0.15, 0.2) is 11.4 Å². The molecule has 5 unspecified atom stereocenters. The Morgan fingerprint density at radius 1 is 1.07 bits per heavy atom. The third-order valence-corrected chi connectivity index (χ3v) is 15.8. The molecule has 3 N–H and O–H groups in total. The molecule has 0 bridgehead atoms. The number of ether oxygens (including phenoxy) is 3. The number of benzene rings is 1. The second-order valence-corrected chi connectivity index (χ2v) is 20.3. The monoisotopic (exact) mass is 859 g/mol. The summed E-state index contributed by atoms with van der Waals surface area (Å²) in [6.45, 7) is 5.10. The number of alkyl carbamates (subject to hydrolysis) is 1. The molecule has 8 rings (SSSR count). The fourth-order valence-electron chi connectivity index (χ4n) is 9.11. The van der Waals surface area contributed by atoms with Gasteiger partial charge in [0.2, 0.25) is 21.8 Å². The molecule has 60 heavy (non-hydrogen) atoms. The van der Waals surface area contributed by atoms with E-state index in [2.05, 4.69) is 20.3 Å². The van der Waals surface area contributed by atoms with Crippen LogP contribution in [0.15, 0.2) is 30.4 Å². The van der Waals surface area contributed by atoms with E-state index in [4.69, 9.17) is 14.2 Å². The van der Waals surface area contributed by atoms with Gasteiger partial charge in [-0.1, -0.05) is 38.8 Å². The maximum atomic E-state index is 14.9. The summed E-state index contributed by atoms with van der Waals surface area (Å²) in [5, 5.41) is 5.97. The molecule has 6 aliphatic rings. The number of aromatic nitrogens is 1. The second-order valence-electron chi connectivity index (χ2n) is 18.1. The van der Waals surface area contributed by atoms with Crippen LogP contribution in [0.4, 0.5) is 18.0 Å². The lowest BCUT2D eigenvalue weighted by Gasteiger charge is -2.37. The highest BCUT2D eigenvalue weighted by Crippen LogP contribution is 2.51. The van der Waals surface area contributed by atoms with Crippen LogP contribution in [0, 0.1) is 11.8 Å². The minimum atomic E-state index is -4.93. The summed E-state index contributed by atoms with van der Waals surface area (Å²) in [7, 11) is -2.65. The van der Waals surface area contributed by atoms with Crippen LogP contribution >= 0.6 is 0 Å². The molecule has 5 atom stereocenters. The van der Waals surface area contributed by atoms with Crippen molar-refractivity contribution < 1.29 is 55.0 Å². The molecule has 1 spiro atoms. The number of hydrogen-bond donors (Lipinski definition) is 3. The molecule has 3 aliphatic heterocycles. The van der Waals surface area contributed by atoms with E-state index in [-0.39, 0.29) is 55.6 Å². The molecule has 18 heteroatoms. The molecule has 326 valence electrons. The average molecular weight is 860 g/mol. The largest absolute Gasteiger partial charge is 0.497 e. The Bertz CT molecular complexity index is 2260. The number of methoxy groups -OCH3 is 1. The number of carbonyl (C=O) groups is 4. The van der Waals surface area contributed by atoms with E-state index in [9.17, 15) is 40.8 Å². The summed E-state index contributed by atoms with van der Waals surface area (Å²) in [5.41, 5.74) is -4.74. The maximum Gasteiger partial charge on any atom is 0.437 e. The number of sulfonamides is 1. The van der Waals surface area contributed by atoms with E-state index in [0.29, 0.717) is 62.5 Å². The Kier molecular flexibility index (Phi) is 10.4. The highest BCUT2D eigenvalue weighted by Gasteiger charge is 2.64. The normalized spacial score (nSPS) is 29.5. The highest BCUT2D eigenvalue weighted by molar-refractivity contribution is 7.91. The molecule has 4 heterocycles. The first kappa shape index (κ1) is 42.1. The van der Waals surface area contributed by atoms with Crippen LogP contribution < -0.4 is 24.8 Å². The molecule has 0 radical (unpaired) electrons. The number of fused-ring (bicyclic) bond motifs is 5. The minimum Gasteiger partial charge on any atom is -0.497 e. The Balaban J connectivity index is 1.16. The third kappa shape index (κ3) is 7.65. The van der Waals surface area contributed by atoms with E-state index in [1.54, 1.807) is 12.1 Å². The van der Waals surface area contributed by atoms with E-state index < -0.39 is 90.9 Å². The van der Waals surface area contributed by atoms with Gasteiger partial charge >= 0.3 is 12.3 Å². The van der Waals surface area contributed by atoms with Crippen molar-refractivity contribution in [2.24, 2.45) is 11.8 Å². The molecule has 4 amide bonds. The van der Waals surface area contributed by atoms with Crippen molar-refractivity contribution in [1.82, 2.24) is 25.2 Å². The third-order valence-electron chi connectivity index (χ3n) is 13.7. The van der Waals surface area contributed by atoms with Gasteiger partial charge in [0.1, 0.15) is 34.6 Å². The predicted octanol–water partition coefficient (Wildman–Crippen LogP) is 5.60. The highest BCUT2D eigenvalue weighted by atomic mass is 32.2. The summed E-state index contributed by atoms with van der Waals surface area (Å²) < 4.78 is 89.5. The van der Waals surface area contributed by atoms with Crippen LogP contribution in [-0.4, -0.2) is 89.3 Å². The molecule has 14 nitrogen and oxygen atoms in total. The number of pyridine rings is 1. The molecular weight excluding hydrogens is 808 g/mol. The van der Waals surface area contributed by atoms with Crippen molar-refractivity contribution in [2.75, 3.05) is 13.7 Å². The van der Waals surface area contributed by atoms with Crippen molar-refractivity contribution in [1.29, 1.82) is 0 Å². The van der Waals surface area contributed by atoms with Crippen molar-refractivity contribution in [3.05, 3.63) is 41.6 Å². The number of allylic oxidation sites excluding steroid dienone is 1. The zero-order valence-corrected chi connectivity index (χ0v) is 35.0. The smallest absolute Gasteiger partial charge is 0.437 e. The van der Waals surface area contributed by atoms with Crippen molar-refractivity contribution in [3.63, 3.8) is 0 Å². The van der Waals surface area contributed by atoms with Gasteiger partial charge < -0.3 is 29.7 Å². The summed E-state index contributed by atoms with van der Waals surface area (Å²) in [6, 6.07) is 2.00. The van der Waals surface area contributed by atoms with Crippen LogP contribution in [0.2, 0.25) is 0 Å². The van der Waals surface area contributed by atoms with Gasteiger partial charge in [0.05, 0.1) is 23.9 Å². The molecule has 4 fully saturated rings. The number of aryl methyl sites for hydroxylation is 1. The number of halogens is 3. The standard InChI is InChI=1S/C42H52F3N5O9S/c1-24(2)40(18-19-40)59-37(54)47-30-11-9-7-5-6-8-10-25-21-41(25,36(53)49-60(55,56)38(3)16-17-38)48-34(51)31-22-39(23-50(31)35(30)52)15-14-27-28-20-26(57-4)12-13-29(28)46-33(32(27)58-39)42(43,44)45/h8,10,12-13,20,24-25,30-31H,5-7,9,11,14-19,21-23H2,1-4H3,(H,47,54)(H,48,51)(H,49,53). The van der Waals surface area contributed by atoms with Gasteiger partial charge in [-0.25, -0.2) is 18.2 Å². The van der Waals surface area contributed by atoms with Gasteiger partial charge in [0, 0.05) is 23.3 Å². The van der Waals surface area contributed by atoms with Crippen LogP contribution in [-0.2, 0) is 41.7 Å². The zero-order valence-electron chi connectivity index (χ0n) is 34.2. The summed E-state index contributed by atoms with van der Waals surface area (Å²) in [6.07, 6.45) is 2.77. The lowest BCUT2D eigenvalue weighted by molar-refractivity contribution is -0.144. The van der Waals surface area contributed by atoms with Gasteiger partial charge in [-0.15, -0.1) is 0 Å².